The molecule has 0 bridgehead atoms. The van der Waals surface area contributed by atoms with Crippen LogP contribution in [0.1, 0.15) is 49.3 Å². The molecule has 1 fully saturated rings. The van der Waals surface area contributed by atoms with Crippen LogP contribution in [0.3, 0.4) is 0 Å². The highest BCUT2D eigenvalue weighted by molar-refractivity contribution is 6.32. The van der Waals surface area contributed by atoms with Crippen LogP contribution in [0.15, 0.2) is 48.9 Å². The highest BCUT2D eigenvalue weighted by atomic mass is 35.5. The quantitative estimate of drug-likeness (QED) is 0.411. The van der Waals surface area contributed by atoms with Crippen LogP contribution in [0.25, 0.3) is 10.9 Å². The zero-order valence-electron chi connectivity index (χ0n) is 20.0. The van der Waals surface area contributed by atoms with Gasteiger partial charge in [0.15, 0.2) is 0 Å². The number of aliphatic hydroxyl groups excluding tert-OH is 1. The van der Waals surface area contributed by atoms with Crippen molar-refractivity contribution >= 4 is 28.5 Å². The smallest absolute Gasteiger partial charge is 0.309 e. The molecule has 1 saturated heterocycles. The first-order valence-electron chi connectivity index (χ1n) is 12.1. The molecule has 0 saturated carbocycles. The number of piperidine rings is 1. The molecule has 0 spiro atoms. The molecule has 0 amide bonds. The average molecular weight is 498 g/mol. The van der Waals surface area contributed by atoms with Crippen molar-refractivity contribution in [2.45, 2.75) is 44.6 Å². The largest absolute Gasteiger partial charge is 0.497 e. The van der Waals surface area contributed by atoms with Gasteiger partial charge < -0.3 is 19.8 Å². The van der Waals surface area contributed by atoms with Gasteiger partial charge in [-0.05, 0) is 94.1 Å². The minimum atomic E-state index is -0.894. The van der Waals surface area contributed by atoms with E-state index in [1.165, 1.54) is 11.8 Å². The number of rotatable bonds is 10. The molecule has 8 heteroatoms. The number of carboxylic acid groups (broad SMARTS) is 1. The van der Waals surface area contributed by atoms with Gasteiger partial charge >= 0.3 is 5.97 Å². The van der Waals surface area contributed by atoms with Gasteiger partial charge in [0.2, 0.25) is 0 Å². The lowest BCUT2D eigenvalue weighted by Crippen LogP contribution is -2.44. The van der Waals surface area contributed by atoms with E-state index < -0.39 is 17.5 Å². The standard InChI is InChI=1S/C27H32ClN3O4/c1-35-20-4-5-23-21(17-20)25(22(28)18-30-23)24(32)6-9-27(26(33)34)10-15-31(16-11-27)14-2-3-19-7-12-29-13-8-19/h4-5,7-8,12-13,17-18,24,32H,2-3,6,9-11,14-16H2,1H3,(H,33,34). The third-order valence-corrected chi connectivity index (χ3v) is 7.55. The van der Waals surface area contributed by atoms with Crippen molar-refractivity contribution in [3.05, 3.63) is 65.1 Å². The fourth-order valence-corrected chi connectivity index (χ4v) is 5.30. The van der Waals surface area contributed by atoms with E-state index in [4.69, 9.17) is 16.3 Å². The Kier molecular flexibility index (Phi) is 8.21. The van der Waals surface area contributed by atoms with E-state index >= 15 is 0 Å². The zero-order chi connectivity index (χ0) is 24.8. The van der Waals surface area contributed by atoms with Crippen molar-refractivity contribution in [3.63, 3.8) is 0 Å². The van der Waals surface area contributed by atoms with Gasteiger partial charge in [0.25, 0.3) is 0 Å². The minimum absolute atomic E-state index is 0.310. The summed E-state index contributed by atoms with van der Waals surface area (Å²) in [5, 5.41) is 22.3. The summed E-state index contributed by atoms with van der Waals surface area (Å²) < 4.78 is 5.32. The number of halogens is 1. The van der Waals surface area contributed by atoms with E-state index in [-0.39, 0.29) is 0 Å². The normalized spacial score (nSPS) is 16.8. The number of fused-ring (bicyclic) bond motifs is 1. The molecule has 1 aromatic carbocycles. The van der Waals surface area contributed by atoms with E-state index in [2.05, 4.69) is 14.9 Å². The van der Waals surface area contributed by atoms with Gasteiger partial charge in [0, 0.05) is 29.5 Å². The summed E-state index contributed by atoms with van der Waals surface area (Å²) in [4.78, 5) is 23.1. The molecule has 1 aliphatic heterocycles. The fourth-order valence-electron chi connectivity index (χ4n) is 5.02. The Morgan fingerprint density at radius 1 is 1.23 bits per heavy atom. The number of methoxy groups -OCH3 is 1. The van der Waals surface area contributed by atoms with Crippen LogP contribution in [0, 0.1) is 5.41 Å². The van der Waals surface area contributed by atoms with E-state index in [0.717, 1.165) is 37.9 Å². The molecule has 2 N–H and O–H groups in total. The van der Waals surface area contributed by atoms with Crippen LogP contribution in [-0.2, 0) is 11.2 Å². The number of benzene rings is 1. The van der Waals surface area contributed by atoms with Crippen molar-refractivity contribution in [1.82, 2.24) is 14.9 Å². The molecule has 1 aliphatic rings. The predicted molar refractivity (Wildman–Crippen MR) is 136 cm³/mol. The van der Waals surface area contributed by atoms with Crippen molar-refractivity contribution in [2.24, 2.45) is 5.41 Å². The second-order valence-electron chi connectivity index (χ2n) is 9.34. The molecular formula is C27H32ClN3O4. The molecule has 4 rings (SSSR count). The van der Waals surface area contributed by atoms with Gasteiger partial charge in [-0.1, -0.05) is 11.6 Å². The summed E-state index contributed by atoms with van der Waals surface area (Å²) in [6.45, 7) is 2.44. The van der Waals surface area contributed by atoms with Gasteiger partial charge in [-0.2, -0.15) is 0 Å². The minimum Gasteiger partial charge on any atom is -0.497 e. The molecule has 0 aliphatic carbocycles. The Hall–Kier alpha value is -2.74. The lowest BCUT2D eigenvalue weighted by atomic mass is 9.74. The number of carboxylic acids is 1. The number of carbonyl (C=O) groups is 1. The van der Waals surface area contributed by atoms with Gasteiger partial charge in [-0.25, -0.2) is 0 Å². The SMILES string of the molecule is COc1ccc2ncc(Cl)c(C(O)CCC3(C(=O)O)CCN(CCCc4ccncc4)CC3)c2c1. The number of aliphatic carboxylic acids is 1. The Labute approximate surface area is 210 Å². The highest BCUT2D eigenvalue weighted by Crippen LogP contribution is 2.41. The number of nitrogens with zero attached hydrogens (tertiary/aromatic N) is 3. The van der Waals surface area contributed by atoms with Crippen LogP contribution >= 0.6 is 11.6 Å². The molecule has 0 radical (unpaired) electrons. The highest BCUT2D eigenvalue weighted by Gasteiger charge is 2.41. The van der Waals surface area contributed by atoms with Gasteiger partial charge in [0.05, 0.1) is 29.2 Å². The molecule has 186 valence electrons. The first kappa shape index (κ1) is 25.4. The first-order valence-corrected chi connectivity index (χ1v) is 12.4. The molecule has 7 nitrogen and oxygen atoms in total. The first-order chi connectivity index (χ1) is 16.9. The second-order valence-corrected chi connectivity index (χ2v) is 9.75. The number of likely N-dealkylation sites (tertiary alicyclic amines) is 1. The van der Waals surface area contributed by atoms with Crippen LogP contribution in [0.4, 0.5) is 0 Å². The van der Waals surface area contributed by atoms with Crippen molar-refractivity contribution in [3.8, 4) is 5.75 Å². The van der Waals surface area contributed by atoms with Gasteiger partial charge in [0.1, 0.15) is 5.75 Å². The summed E-state index contributed by atoms with van der Waals surface area (Å²) in [7, 11) is 1.58. The third kappa shape index (κ3) is 5.92. The lowest BCUT2D eigenvalue weighted by Gasteiger charge is -2.39. The van der Waals surface area contributed by atoms with E-state index in [0.29, 0.717) is 47.5 Å². The second kappa shape index (κ2) is 11.3. The Morgan fingerprint density at radius 2 is 1.97 bits per heavy atom. The van der Waals surface area contributed by atoms with E-state index in [1.54, 1.807) is 7.11 Å². The van der Waals surface area contributed by atoms with Crippen LogP contribution < -0.4 is 4.74 Å². The molecule has 2 aromatic heterocycles. The number of aromatic nitrogens is 2. The Balaban J connectivity index is 1.38. The maximum absolute atomic E-state index is 12.3. The summed E-state index contributed by atoms with van der Waals surface area (Å²) in [6, 6.07) is 9.51. The summed E-state index contributed by atoms with van der Waals surface area (Å²) >= 11 is 6.43. The van der Waals surface area contributed by atoms with Crippen LogP contribution in [-0.4, -0.2) is 57.8 Å². The predicted octanol–water partition coefficient (Wildman–Crippen LogP) is 4.91. The number of ether oxygens (including phenoxy) is 1. The number of pyridine rings is 2. The molecule has 35 heavy (non-hydrogen) atoms. The van der Waals surface area contributed by atoms with Gasteiger partial charge in [-0.3, -0.25) is 14.8 Å². The molecule has 3 aromatic rings. The van der Waals surface area contributed by atoms with Gasteiger partial charge in [-0.15, -0.1) is 0 Å². The molecule has 3 heterocycles. The monoisotopic (exact) mass is 497 g/mol. The van der Waals surface area contributed by atoms with Crippen molar-refractivity contribution < 1.29 is 19.7 Å². The Bertz CT molecular complexity index is 1150. The van der Waals surface area contributed by atoms with Crippen molar-refractivity contribution in [2.75, 3.05) is 26.7 Å². The maximum Gasteiger partial charge on any atom is 0.309 e. The number of aliphatic hydroxyl groups is 1. The number of hydrogen-bond acceptors (Lipinski definition) is 6. The van der Waals surface area contributed by atoms with Crippen molar-refractivity contribution in [1.29, 1.82) is 0 Å². The van der Waals surface area contributed by atoms with Crippen LogP contribution in [0.5, 0.6) is 5.75 Å². The maximum atomic E-state index is 12.3. The van der Waals surface area contributed by atoms with E-state index in [1.807, 2.05) is 42.7 Å². The number of hydrogen-bond donors (Lipinski definition) is 2. The molecule has 1 unspecified atom stereocenters. The van der Waals surface area contributed by atoms with Crippen LogP contribution in [0.2, 0.25) is 5.02 Å². The summed E-state index contributed by atoms with van der Waals surface area (Å²) in [6.07, 6.45) is 8.12. The molecular weight excluding hydrogens is 466 g/mol. The lowest BCUT2D eigenvalue weighted by molar-refractivity contribution is -0.153. The Morgan fingerprint density at radius 3 is 2.66 bits per heavy atom. The summed E-state index contributed by atoms with van der Waals surface area (Å²) in [5.41, 5.74) is 1.71. The summed E-state index contributed by atoms with van der Waals surface area (Å²) in [5.74, 6) is -0.137. The molecule has 1 atom stereocenters. The third-order valence-electron chi connectivity index (χ3n) is 7.25. The van der Waals surface area contributed by atoms with E-state index in [9.17, 15) is 15.0 Å². The fraction of sp³-hybridized carbons (Fsp3) is 0.444. The zero-order valence-corrected chi connectivity index (χ0v) is 20.7. The average Bonchev–Trinajstić information content (AvgIpc) is 2.88. The number of aryl methyl sites for hydroxylation is 1. The topological polar surface area (TPSA) is 95.8 Å².